The van der Waals surface area contributed by atoms with Crippen LogP contribution in [0.3, 0.4) is 0 Å². The highest BCUT2D eigenvalue weighted by atomic mass is 32.1. The second-order valence-electron chi connectivity index (χ2n) is 16.7. The first-order valence-electron chi connectivity index (χ1n) is 21.3. The fraction of sp³-hybridized carbons (Fsp3) is 0.333. The number of piperazine rings is 1. The topological polar surface area (TPSA) is 151 Å². The molecule has 66 heavy (non-hydrogen) atoms. The van der Waals surface area contributed by atoms with Crippen molar-refractivity contribution in [2.45, 2.75) is 76.9 Å². The fourth-order valence-corrected chi connectivity index (χ4v) is 8.91. The number of Topliss-reactive ketones (excluding diaryl/α,β-unsaturated/α-hetero) is 1. The first kappa shape index (κ1) is 47.1. The molecule has 0 bridgehead atoms. The average Bonchev–Trinajstić information content (AvgIpc) is 3.47. The van der Waals surface area contributed by atoms with Gasteiger partial charge in [-0.05, 0) is 99.1 Å². The standard InChI is InChI=1S/C48H44F5N7O5S/c1-47(2)45(65)59(31-16-15-30(28-54)37(26-31)48(51,52)53)46(66)60(47)32-17-18-35(39(50)27-32)41(61)12-6-4-3-5-7-13-42(62)57-20-22-58(23-21-57)44(64)36-24-29(14-19-38(36)49)25-40-33-10-8-9-11-34(33)43(63)56-55-40/h8-11,14-19,24,26-27H,3-7,12-13,20-23,25H2,1-2H3,(H,56,63). The summed E-state index contributed by atoms with van der Waals surface area (Å²) in [6, 6.07) is 19.4. The summed E-state index contributed by atoms with van der Waals surface area (Å²) in [5.41, 5.74) is -2.70. The van der Waals surface area contributed by atoms with Gasteiger partial charge in [0.1, 0.15) is 17.2 Å². The molecule has 0 unspecified atom stereocenters. The Hall–Kier alpha value is -6.87. The van der Waals surface area contributed by atoms with Crippen LogP contribution in [0.15, 0.2) is 83.7 Å². The number of fused-ring (bicyclic) bond motifs is 1. The van der Waals surface area contributed by atoms with E-state index in [0.717, 1.165) is 29.9 Å². The van der Waals surface area contributed by atoms with Crippen LogP contribution in [0.25, 0.3) is 10.8 Å². The van der Waals surface area contributed by atoms with Crippen molar-refractivity contribution in [3.8, 4) is 6.07 Å². The summed E-state index contributed by atoms with van der Waals surface area (Å²) in [6.07, 6.45) is -1.02. The Morgan fingerprint density at radius 3 is 2.12 bits per heavy atom. The zero-order valence-electron chi connectivity index (χ0n) is 36.0. The van der Waals surface area contributed by atoms with Gasteiger partial charge in [0.2, 0.25) is 5.91 Å². The van der Waals surface area contributed by atoms with Crippen LogP contribution in [0, 0.1) is 23.0 Å². The third kappa shape index (κ3) is 9.71. The fourth-order valence-electron chi connectivity index (χ4n) is 8.39. The number of hydrogen-bond acceptors (Lipinski definition) is 8. The van der Waals surface area contributed by atoms with E-state index in [4.69, 9.17) is 12.2 Å². The lowest BCUT2D eigenvalue weighted by atomic mass is 10.00. The highest BCUT2D eigenvalue weighted by Gasteiger charge is 2.51. The Labute approximate surface area is 381 Å². The van der Waals surface area contributed by atoms with Crippen molar-refractivity contribution in [1.29, 1.82) is 5.26 Å². The number of alkyl halides is 3. The van der Waals surface area contributed by atoms with E-state index in [-0.39, 0.29) is 65.0 Å². The number of nitrogens with zero attached hydrogens (tertiary/aromatic N) is 6. The number of benzene rings is 4. The van der Waals surface area contributed by atoms with Gasteiger partial charge in [-0.3, -0.25) is 28.9 Å². The van der Waals surface area contributed by atoms with Gasteiger partial charge < -0.3 is 14.7 Å². The predicted molar refractivity (Wildman–Crippen MR) is 240 cm³/mol. The summed E-state index contributed by atoms with van der Waals surface area (Å²) in [5, 5.41) is 16.8. The summed E-state index contributed by atoms with van der Waals surface area (Å²) >= 11 is 5.53. The molecule has 0 saturated carbocycles. The van der Waals surface area contributed by atoms with E-state index in [0.29, 0.717) is 66.9 Å². The maximum absolute atomic E-state index is 15.5. The number of thiocarbonyl (C=S) groups is 1. The highest BCUT2D eigenvalue weighted by Crippen LogP contribution is 2.40. The van der Waals surface area contributed by atoms with Crippen LogP contribution >= 0.6 is 12.2 Å². The number of anilines is 2. The zero-order valence-corrected chi connectivity index (χ0v) is 36.8. The summed E-state index contributed by atoms with van der Waals surface area (Å²) in [6.45, 7) is 4.08. The molecule has 5 aromatic rings. The predicted octanol–water partition coefficient (Wildman–Crippen LogP) is 8.50. The minimum absolute atomic E-state index is 0.0509. The molecule has 3 heterocycles. The van der Waals surface area contributed by atoms with Crippen molar-refractivity contribution in [1.82, 2.24) is 20.0 Å². The number of amides is 3. The normalized spacial score (nSPS) is 15.1. The van der Waals surface area contributed by atoms with Gasteiger partial charge in [0.15, 0.2) is 10.9 Å². The number of unbranched alkanes of at least 4 members (excludes halogenated alkanes) is 4. The second kappa shape index (κ2) is 19.3. The Morgan fingerprint density at radius 1 is 0.788 bits per heavy atom. The van der Waals surface area contributed by atoms with Crippen LogP contribution in [-0.2, 0) is 22.2 Å². The zero-order chi connectivity index (χ0) is 47.5. The molecule has 0 radical (unpaired) electrons. The Balaban J connectivity index is 0.839. The molecule has 0 atom stereocenters. The van der Waals surface area contributed by atoms with E-state index in [1.54, 1.807) is 35.2 Å². The number of H-pyrrole nitrogens is 1. The lowest BCUT2D eigenvalue weighted by molar-refractivity contribution is -0.138. The van der Waals surface area contributed by atoms with Crippen LogP contribution in [-0.4, -0.2) is 80.3 Å². The van der Waals surface area contributed by atoms with Crippen molar-refractivity contribution in [2.75, 3.05) is 36.0 Å². The van der Waals surface area contributed by atoms with Crippen LogP contribution in [0.2, 0.25) is 0 Å². The summed E-state index contributed by atoms with van der Waals surface area (Å²) in [7, 11) is 0. The van der Waals surface area contributed by atoms with Crippen molar-refractivity contribution in [3.05, 3.63) is 134 Å². The number of aromatic nitrogens is 2. The van der Waals surface area contributed by atoms with Gasteiger partial charge in [-0.1, -0.05) is 43.5 Å². The molecule has 1 N–H and O–H groups in total. The molecule has 7 rings (SSSR count). The number of ketones is 1. The summed E-state index contributed by atoms with van der Waals surface area (Å²) in [4.78, 5) is 70.6. The van der Waals surface area contributed by atoms with Gasteiger partial charge in [0, 0.05) is 56.5 Å². The third-order valence-electron chi connectivity index (χ3n) is 12.0. The maximum Gasteiger partial charge on any atom is 0.417 e. The monoisotopic (exact) mass is 925 g/mol. The van der Waals surface area contributed by atoms with Crippen molar-refractivity contribution >= 4 is 63.0 Å². The van der Waals surface area contributed by atoms with Crippen molar-refractivity contribution in [2.24, 2.45) is 0 Å². The molecule has 3 amide bonds. The number of nitriles is 1. The average molecular weight is 926 g/mol. The van der Waals surface area contributed by atoms with Gasteiger partial charge in [0.25, 0.3) is 17.4 Å². The van der Waals surface area contributed by atoms with E-state index < -0.39 is 52.1 Å². The van der Waals surface area contributed by atoms with Gasteiger partial charge >= 0.3 is 6.18 Å². The molecule has 2 aliphatic rings. The molecule has 0 spiro atoms. The van der Waals surface area contributed by atoms with Gasteiger partial charge in [-0.25, -0.2) is 13.9 Å². The minimum Gasteiger partial charge on any atom is -0.339 e. The van der Waals surface area contributed by atoms with Gasteiger partial charge in [-0.2, -0.15) is 23.5 Å². The van der Waals surface area contributed by atoms with E-state index in [9.17, 15) is 46.8 Å². The SMILES string of the molecule is CC1(C)C(=O)N(c2ccc(C#N)c(C(F)(F)F)c2)C(=S)N1c1ccc(C(=O)CCCCCCCC(=O)N2CCN(C(=O)c3cc(Cc4n[nH]c(=O)c5ccccc45)ccc3F)CC2)c(F)c1. The molecule has 18 heteroatoms. The first-order chi connectivity index (χ1) is 31.4. The Kier molecular flexibility index (Phi) is 13.8. The molecule has 12 nitrogen and oxygen atoms in total. The Bertz CT molecular complexity index is 2850. The number of rotatable bonds is 14. The number of carbonyl (C=O) groups is 4. The molecule has 0 aliphatic carbocycles. The number of aromatic amines is 1. The van der Waals surface area contributed by atoms with E-state index in [2.05, 4.69) is 10.2 Å². The van der Waals surface area contributed by atoms with Crippen molar-refractivity contribution in [3.63, 3.8) is 0 Å². The highest BCUT2D eigenvalue weighted by molar-refractivity contribution is 7.81. The van der Waals surface area contributed by atoms with Gasteiger partial charge in [0.05, 0.1) is 45.1 Å². The third-order valence-corrected chi connectivity index (χ3v) is 12.4. The lowest BCUT2D eigenvalue weighted by Gasteiger charge is -2.35. The number of carbonyl (C=O) groups excluding carboxylic acids is 4. The van der Waals surface area contributed by atoms with Crippen LogP contribution in [0.1, 0.15) is 102 Å². The smallest absolute Gasteiger partial charge is 0.339 e. The second-order valence-corrected chi connectivity index (χ2v) is 17.1. The summed E-state index contributed by atoms with van der Waals surface area (Å²) < 4.78 is 71.6. The molecule has 2 saturated heterocycles. The molecule has 4 aromatic carbocycles. The molecule has 1 aromatic heterocycles. The van der Waals surface area contributed by atoms with Gasteiger partial charge in [-0.15, -0.1) is 0 Å². The van der Waals surface area contributed by atoms with E-state index in [1.807, 2.05) is 0 Å². The summed E-state index contributed by atoms with van der Waals surface area (Å²) in [5.74, 6) is -3.14. The molecular weight excluding hydrogens is 882 g/mol. The molecular formula is C48H44F5N7O5S. The maximum atomic E-state index is 15.5. The minimum atomic E-state index is -4.87. The van der Waals surface area contributed by atoms with Crippen LogP contribution in [0.4, 0.5) is 33.3 Å². The molecule has 2 aliphatic heterocycles. The molecule has 342 valence electrons. The molecule has 2 fully saturated rings. The lowest BCUT2D eigenvalue weighted by Crippen LogP contribution is -2.50. The largest absolute Gasteiger partial charge is 0.417 e. The quantitative estimate of drug-likeness (QED) is 0.0501. The van der Waals surface area contributed by atoms with E-state index >= 15 is 4.39 Å². The van der Waals surface area contributed by atoms with E-state index in [1.165, 1.54) is 60.0 Å². The first-order valence-corrected chi connectivity index (χ1v) is 21.8. The van der Waals surface area contributed by atoms with Crippen molar-refractivity contribution < 1.29 is 41.1 Å². The number of halogens is 5. The number of nitrogens with one attached hydrogen (secondary N) is 1. The van der Waals surface area contributed by atoms with Crippen LogP contribution in [0.5, 0.6) is 0 Å². The van der Waals surface area contributed by atoms with Crippen LogP contribution < -0.4 is 15.4 Å². The Morgan fingerprint density at radius 2 is 1.44 bits per heavy atom. The number of hydrogen-bond donors (Lipinski definition) is 1.